The largest absolute Gasteiger partial charge is 0.355 e. The first kappa shape index (κ1) is 9.62. The standard InChI is InChI=1S/C14H12NP/c1-2-7-12(8-3-1)16-14-10-11-6-4-5-9-13(11)15-14/h1-10,15-16H. The molecule has 1 atom stereocenters. The van der Waals surface area contributed by atoms with Crippen LogP contribution in [0, 0.1) is 0 Å². The molecule has 0 saturated heterocycles. The van der Waals surface area contributed by atoms with Gasteiger partial charge in [0.15, 0.2) is 0 Å². The number of benzene rings is 2. The second kappa shape index (κ2) is 4.11. The number of rotatable bonds is 2. The molecule has 1 heterocycles. The molecule has 3 rings (SSSR count). The molecular formula is C14H12NP. The third-order valence-electron chi connectivity index (χ3n) is 2.58. The molecule has 0 aliphatic rings. The van der Waals surface area contributed by atoms with Gasteiger partial charge < -0.3 is 4.98 Å². The van der Waals surface area contributed by atoms with Gasteiger partial charge >= 0.3 is 0 Å². The first-order chi connectivity index (χ1) is 7.92. The van der Waals surface area contributed by atoms with Crippen LogP contribution in [0.5, 0.6) is 0 Å². The van der Waals surface area contributed by atoms with E-state index < -0.39 is 0 Å². The lowest BCUT2D eigenvalue weighted by atomic mass is 10.3. The van der Waals surface area contributed by atoms with Crippen LogP contribution < -0.4 is 10.7 Å². The zero-order valence-corrected chi connectivity index (χ0v) is 9.77. The average Bonchev–Trinajstić information content (AvgIpc) is 2.72. The number of aromatic amines is 1. The molecule has 0 radical (unpaired) electrons. The van der Waals surface area contributed by atoms with E-state index in [0.29, 0.717) is 8.58 Å². The summed E-state index contributed by atoms with van der Waals surface area (Å²) in [6, 6.07) is 21.2. The summed E-state index contributed by atoms with van der Waals surface area (Å²) in [7, 11) is 0.704. The van der Waals surface area contributed by atoms with Gasteiger partial charge in [0, 0.05) is 16.3 Å². The fraction of sp³-hybridized carbons (Fsp3) is 0. The van der Waals surface area contributed by atoms with Gasteiger partial charge in [-0.1, -0.05) is 48.5 Å². The van der Waals surface area contributed by atoms with E-state index in [9.17, 15) is 0 Å². The minimum Gasteiger partial charge on any atom is -0.355 e. The second-order valence-electron chi connectivity index (χ2n) is 3.76. The Morgan fingerprint density at radius 3 is 2.38 bits per heavy atom. The molecule has 0 aliphatic heterocycles. The Morgan fingerprint density at radius 2 is 1.56 bits per heavy atom. The van der Waals surface area contributed by atoms with Gasteiger partial charge in [-0.3, -0.25) is 0 Å². The van der Waals surface area contributed by atoms with Crippen molar-refractivity contribution in [2.24, 2.45) is 0 Å². The topological polar surface area (TPSA) is 15.8 Å². The second-order valence-corrected chi connectivity index (χ2v) is 5.13. The van der Waals surface area contributed by atoms with Gasteiger partial charge in [-0.05, 0) is 26.0 Å². The molecule has 1 aromatic heterocycles. The molecule has 1 nitrogen and oxygen atoms in total. The Bertz CT molecular complexity index is 565. The Labute approximate surface area is 96.3 Å². The molecule has 2 aromatic carbocycles. The summed E-state index contributed by atoms with van der Waals surface area (Å²) in [4.78, 5) is 3.46. The van der Waals surface area contributed by atoms with Crippen LogP contribution in [0.1, 0.15) is 0 Å². The number of nitrogens with one attached hydrogen (secondary N) is 1. The minimum absolute atomic E-state index is 0.704. The monoisotopic (exact) mass is 225 g/mol. The van der Waals surface area contributed by atoms with Gasteiger partial charge in [0.25, 0.3) is 0 Å². The first-order valence-corrected chi connectivity index (χ1v) is 6.32. The van der Waals surface area contributed by atoms with Gasteiger partial charge in [0.1, 0.15) is 0 Å². The van der Waals surface area contributed by atoms with Crippen molar-refractivity contribution in [2.75, 3.05) is 0 Å². The lowest BCUT2D eigenvalue weighted by Gasteiger charge is -1.97. The van der Waals surface area contributed by atoms with Crippen LogP contribution >= 0.6 is 8.58 Å². The third kappa shape index (κ3) is 1.87. The highest BCUT2D eigenvalue weighted by molar-refractivity contribution is 7.55. The van der Waals surface area contributed by atoms with Crippen LogP contribution in [0.3, 0.4) is 0 Å². The van der Waals surface area contributed by atoms with Gasteiger partial charge in [0.05, 0.1) is 0 Å². The highest BCUT2D eigenvalue weighted by Crippen LogP contribution is 2.16. The lowest BCUT2D eigenvalue weighted by Crippen LogP contribution is -2.02. The van der Waals surface area contributed by atoms with E-state index in [1.54, 1.807) is 0 Å². The van der Waals surface area contributed by atoms with Gasteiger partial charge in [-0.15, -0.1) is 0 Å². The molecule has 0 bridgehead atoms. The van der Waals surface area contributed by atoms with Crippen molar-refractivity contribution < 1.29 is 0 Å². The highest BCUT2D eigenvalue weighted by atomic mass is 31.1. The zero-order valence-electron chi connectivity index (χ0n) is 8.77. The summed E-state index contributed by atoms with van der Waals surface area (Å²) < 4.78 is 0. The van der Waals surface area contributed by atoms with Gasteiger partial charge in [0.2, 0.25) is 0 Å². The molecule has 78 valence electrons. The molecule has 1 unspecified atom stereocenters. The maximum atomic E-state index is 3.46. The molecule has 2 heteroatoms. The van der Waals surface area contributed by atoms with E-state index in [4.69, 9.17) is 0 Å². The van der Waals surface area contributed by atoms with Crippen molar-refractivity contribution in [3.63, 3.8) is 0 Å². The predicted octanol–water partition coefficient (Wildman–Crippen LogP) is 2.80. The molecular weight excluding hydrogens is 213 g/mol. The van der Waals surface area contributed by atoms with Crippen molar-refractivity contribution in [2.45, 2.75) is 0 Å². The van der Waals surface area contributed by atoms with Crippen molar-refractivity contribution in [1.82, 2.24) is 4.98 Å². The molecule has 0 fully saturated rings. The van der Waals surface area contributed by atoms with E-state index in [-0.39, 0.29) is 0 Å². The van der Waals surface area contributed by atoms with E-state index in [1.165, 1.54) is 21.6 Å². The van der Waals surface area contributed by atoms with Gasteiger partial charge in [-0.2, -0.15) is 0 Å². The predicted molar refractivity (Wildman–Crippen MR) is 72.3 cm³/mol. The van der Waals surface area contributed by atoms with Crippen LogP contribution in [0.2, 0.25) is 0 Å². The van der Waals surface area contributed by atoms with Crippen molar-refractivity contribution >= 4 is 30.2 Å². The van der Waals surface area contributed by atoms with Crippen molar-refractivity contribution in [3.05, 3.63) is 60.7 Å². The van der Waals surface area contributed by atoms with Crippen molar-refractivity contribution in [1.29, 1.82) is 0 Å². The lowest BCUT2D eigenvalue weighted by molar-refractivity contribution is 1.55. The number of aromatic nitrogens is 1. The highest BCUT2D eigenvalue weighted by Gasteiger charge is 2.00. The fourth-order valence-electron chi connectivity index (χ4n) is 1.82. The Hall–Kier alpha value is -1.59. The van der Waals surface area contributed by atoms with E-state index in [1.807, 2.05) is 0 Å². The normalized spacial score (nSPS) is 11.5. The quantitative estimate of drug-likeness (QED) is 0.645. The summed E-state index contributed by atoms with van der Waals surface area (Å²) >= 11 is 0. The smallest absolute Gasteiger partial charge is 0.0458 e. The van der Waals surface area contributed by atoms with Crippen LogP contribution in [-0.4, -0.2) is 4.98 Å². The van der Waals surface area contributed by atoms with Crippen LogP contribution in [0.25, 0.3) is 10.9 Å². The van der Waals surface area contributed by atoms with Gasteiger partial charge in [-0.25, -0.2) is 0 Å². The Kier molecular flexibility index (Phi) is 2.47. The van der Waals surface area contributed by atoms with Crippen LogP contribution in [-0.2, 0) is 0 Å². The first-order valence-electron chi connectivity index (χ1n) is 5.32. The maximum absolute atomic E-state index is 3.46. The van der Waals surface area contributed by atoms with E-state index in [2.05, 4.69) is 65.6 Å². The fourth-order valence-corrected chi connectivity index (χ4v) is 2.91. The van der Waals surface area contributed by atoms with Crippen LogP contribution in [0.15, 0.2) is 60.7 Å². The number of hydrogen-bond acceptors (Lipinski definition) is 0. The van der Waals surface area contributed by atoms with Crippen molar-refractivity contribution in [3.8, 4) is 0 Å². The molecule has 0 spiro atoms. The molecule has 3 aromatic rings. The number of H-pyrrole nitrogens is 1. The summed E-state index contributed by atoms with van der Waals surface area (Å²) in [5.41, 5.74) is 2.52. The average molecular weight is 225 g/mol. The minimum atomic E-state index is 0.704. The molecule has 1 N–H and O–H groups in total. The number of fused-ring (bicyclic) bond motifs is 1. The van der Waals surface area contributed by atoms with Crippen LogP contribution in [0.4, 0.5) is 0 Å². The SMILES string of the molecule is c1ccc(Pc2cc3ccccc3[nH]2)cc1. The van der Waals surface area contributed by atoms with E-state index in [0.717, 1.165) is 0 Å². The maximum Gasteiger partial charge on any atom is 0.0458 e. The summed E-state index contributed by atoms with van der Waals surface area (Å²) in [5, 5.41) is 2.66. The molecule has 0 aliphatic carbocycles. The molecule has 0 saturated carbocycles. The Morgan fingerprint density at radius 1 is 0.812 bits per heavy atom. The third-order valence-corrected chi connectivity index (χ3v) is 3.74. The zero-order chi connectivity index (χ0) is 10.8. The summed E-state index contributed by atoms with van der Waals surface area (Å²) in [6.45, 7) is 0. The van der Waals surface area contributed by atoms with E-state index >= 15 is 0 Å². The molecule has 16 heavy (non-hydrogen) atoms. The number of para-hydroxylation sites is 1. The Balaban J connectivity index is 1.95. The number of hydrogen-bond donors (Lipinski definition) is 1. The molecule has 0 amide bonds. The summed E-state index contributed by atoms with van der Waals surface area (Å²) in [5.74, 6) is 0. The summed E-state index contributed by atoms with van der Waals surface area (Å²) in [6.07, 6.45) is 0.